The van der Waals surface area contributed by atoms with Gasteiger partial charge in [-0.2, -0.15) is 0 Å². The minimum absolute atomic E-state index is 0.295. The average molecular weight is 300 g/mol. The molecule has 120 valence electrons. The van der Waals surface area contributed by atoms with Crippen molar-refractivity contribution in [1.82, 2.24) is 4.90 Å². The summed E-state index contributed by atoms with van der Waals surface area (Å²) in [4.78, 5) is 14.8. The highest BCUT2D eigenvalue weighted by Gasteiger charge is 2.30. The van der Waals surface area contributed by atoms with Crippen molar-refractivity contribution in [3.05, 3.63) is 29.8 Å². The number of benzene rings is 1. The number of nitrogens with two attached hydrogens (primary N) is 1. The zero-order chi connectivity index (χ0) is 15.4. The summed E-state index contributed by atoms with van der Waals surface area (Å²) in [6.45, 7) is 0.950. The third-order valence-corrected chi connectivity index (χ3v) is 5.36. The molecule has 1 aromatic carbocycles. The highest BCUT2D eigenvalue weighted by atomic mass is 16.2. The van der Waals surface area contributed by atoms with E-state index >= 15 is 0 Å². The standard InChI is InChI=1S/C19H28N2O/c20-17-10-8-16(9-11-17)14-19(22)21-12-4-7-18(21)13-15-5-2-1-3-6-15/h8-11,15,18H,1-7,12-14,20H2. The van der Waals surface area contributed by atoms with Crippen molar-refractivity contribution in [3.63, 3.8) is 0 Å². The Labute approximate surface area is 133 Å². The van der Waals surface area contributed by atoms with Gasteiger partial charge in [-0.3, -0.25) is 4.79 Å². The zero-order valence-electron chi connectivity index (χ0n) is 13.5. The maximum absolute atomic E-state index is 12.6. The van der Waals surface area contributed by atoms with Gasteiger partial charge in [-0.25, -0.2) is 0 Å². The van der Waals surface area contributed by atoms with Crippen molar-refractivity contribution < 1.29 is 4.79 Å². The molecule has 1 aromatic rings. The van der Waals surface area contributed by atoms with E-state index in [1.807, 2.05) is 24.3 Å². The first-order valence-corrected chi connectivity index (χ1v) is 8.86. The number of rotatable bonds is 4. The number of likely N-dealkylation sites (tertiary alicyclic amines) is 1. The molecular formula is C19H28N2O. The lowest BCUT2D eigenvalue weighted by Crippen LogP contribution is -2.37. The number of nitrogen functional groups attached to an aromatic ring is 1. The maximum Gasteiger partial charge on any atom is 0.227 e. The molecule has 22 heavy (non-hydrogen) atoms. The van der Waals surface area contributed by atoms with E-state index in [0.717, 1.165) is 23.7 Å². The van der Waals surface area contributed by atoms with Crippen LogP contribution in [0.15, 0.2) is 24.3 Å². The molecule has 0 aromatic heterocycles. The predicted molar refractivity (Wildman–Crippen MR) is 90.5 cm³/mol. The van der Waals surface area contributed by atoms with Gasteiger partial charge in [-0.15, -0.1) is 0 Å². The molecule has 1 saturated carbocycles. The Morgan fingerprint density at radius 2 is 1.77 bits per heavy atom. The average Bonchev–Trinajstić information content (AvgIpc) is 2.99. The van der Waals surface area contributed by atoms with Crippen LogP contribution in [0.1, 0.15) is 56.9 Å². The van der Waals surface area contributed by atoms with Crippen LogP contribution >= 0.6 is 0 Å². The molecule has 1 heterocycles. The molecule has 1 aliphatic heterocycles. The number of carbonyl (C=O) groups is 1. The summed E-state index contributed by atoms with van der Waals surface area (Å²) in [5, 5.41) is 0. The Kier molecular flexibility index (Phi) is 5.01. The fourth-order valence-corrected chi connectivity index (χ4v) is 4.13. The van der Waals surface area contributed by atoms with Gasteiger partial charge in [0.05, 0.1) is 6.42 Å². The van der Waals surface area contributed by atoms with Crippen LogP contribution in [0.25, 0.3) is 0 Å². The molecule has 0 bridgehead atoms. The number of hydrogen-bond donors (Lipinski definition) is 1. The minimum Gasteiger partial charge on any atom is -0.399 e. The zero-order valence-corrected chi connectivity index (χ0v) is 13.5. The van der Waals surface area contributed by atoms with Gasteiger partial charge in [0.2, 0.25) is 5.91 Å². The Hall–Kier alpha value is -1.51. The van der Waals surface area contributed by atoms with Crippen LogP contribution in [0.3, 0.4) is 0 Å². The van der Waals surface area contributed by atoms with Gasteiger partial charge in [0.1, 0.15) is 0 Å². The molecule has 0 spiro atoms. The maximum atomic E-state index is 12.6. The van der Waals surface area contributed by atoms with Gasteiger partial charge < -0.3 is 10.6 Å². The predicted octanol–water partition coefficient (Wildman–Crippen LogP) is 3.77. The molecule has 3 rings (SSSR count). The van der Waals surface area contributed by atoms with Crippen molar-refractivity contribution in [1.29, 1.82) is 0 Å². The van der Waals surface area contributed by atoms with Crippen molar-refractivity contribution in [3.8, 4) is 0 Å². The number of anilines is 1. The summed E-state index contributed by atoms with van der Waals surface area (Å²) in [5.41, 5.74) is 7.54. The molecule has 2 fully saturated rings. The number of carbonyl (C=O) groups excluding carboxylic acids is 1. The van der Waals surface area contributed by atoms with Gasteiger partial charge in [-0.05, 0) is 42.9 Å². The summed E-state index contributed by atoms with van der Waals surface area (Å²) in [7, 11) is 0. The third kappa shape index (κ3) is 3.82. The van der Waals surface area contributed by atoms with Crippen LogP contribution in [0, 0.1) is 5.92 Å². The molecule has 1 amide bonds. The number of hydrogen-bond acceptors (Lipinski definition) is 2. The second kappa shape index (κ2) is 7.17. The Bertz CT molecular complexity index is 491. The van der Waals surface area contributed by atoms with Crippen LogP contribution in [-0.2, 0) is 11.2 Å². The molecule has 1 atom stereocenters. The number of nitrogens with zero attached hydrogens (tertiary/aromatic N) is 1. The molecule has 3 heteroatoms. The van der Waals surface area contributed by atoms with E-state index in [2.05, 4.69) is 4.90 Å². The van der Waals surface area contributed by atoms with Crippen LogP contribution in [0.5, 0.6) is 0 Å². The Morgan fingerprint density at radius 3 is 2.50 bits per heavy atom. The van der Waals surface area contributed by atoms with E-state index in [4.69, 9.17) is 5.73 Å². The third-order valence-electron chi connectivity index (χ3n) is 5.36. The largest absolute Gasteiger partial charge is 0.399 e. The molecule has 2 aliphatic rings. The smallest absolute Gasteiger partial charge is 0.227 e. The van der Waals surface area contributed by atoms with Gasteiger partial charge in [0, 0.05) is 18.3 Å². The van der Waals surface area contributed by atoms with Crippen molar-refractivity contribution in [2.24, 2.45) is 5.92 Å². The van der Waals surface area contributed by atoms with Crippen LogP contribution in [-0.4, -0.2) is 23.4 Å². The summed E-state index contributed by atoms with van der Waals surface area (Å²) in [5.74, 6) is 1.15. The van der Waals surface area contributed by atoms with Gasteiger partial charge in [0.15, 0.2) is 0 Å². The Morgan fingerprint density at radius 1 is 1.05 bits per heavy atom. The summed E-state index contributed by atoms with van der Waals surface area (Å²) in [6.07, 6.45) is 11.0. The quantitative estimate of drug-likeness (QED) is 0.860. The van der Waals surface area contributed by atoms with E-state index in [0.29, 0.717) is 18.4 Å². The second-order valence-electron chi connectivity index (χ2n) is 7.04. The summed E-state index contributed by atoms with van der Waals surface area (Å²) < 4.78 is 0. The lowest BCUT2D eigenvalue weighted by Gasteiger charge is -2.30. The lowest BCUT2D eigenvalue weighted by molar-refractivity contribution is -0.131. The molecule has 1 aliphatic carbocycles. The van der Waals surface area contributed by atoms with Crippen molar-refractivity contribution >= 4 is 11.6 Å². The summed E-state index contributed by atoms with van der Waals surface area (Å²) >= 11 is 0. The second-order valence-corrected chi connectivity index (χ2v) is 7.04. The van der Waals surface area contributed by atoms with E-state index in [1.54, 1.807) is 0 Å². The minimum atomic E-state index is 0.295. The van der Waals surface area contributed by atoms with Crippen LogP contribution in [0.4, 0.5) is 5.69 Å². The van der Waals surface area contributed by atoms with Crippen molar-refractivity contribution in [2.45, 2.75) is 63.8 Å². The molecule has 1 unspecified atom stereocenters. The van der Waals surface area contributed by atoms with Gasteiger partial charge in [-0.1, -0.05) is 44.2 Å². The monoisotopic (exact) mass is 300 g/mol. The molecule has 1 saturated heterocycles. The van der Waals surface area contributed by atoms with E-state index in [9.17, 15) is 4.79 Å². The van der Waals surface area contributed by atoms with E-state index < -0.39 is 0 Å². The van der Waals surface area contributed by atoms with Crippen LogP contribution < -0.4 is 5.73 Å². The fourth-order valence-electron chi connectivity index (χ4n) is 4.13. The van der Waals surface area contributed by atoms with E-state index in [1.165, 1.54) is 51.4 Å². The van der Waals surface area contributed by atoms with Crippen LogP contribution in [0.2, 0.25) is 0 Å². The Balaban J connectivity index is 1.57. The number of amides is 1. The highest BCUT2D eigenvalue weighted by Crippen LogP contribution is 2.32. The van der Waals surface area contributed by atoms with Crippen molar-refractivity contribution in [2.75, 3.05) is 12.3 Å². The topological polar surface area (TPSA) is 46.3 Å². The normalized spacial score (nSPS) is 22.9. The highest BCUT2D eigenvalue weighted by molar-refractivity contribution is 5.79. The summed E-state index contributed by atoms with van der Waals surface area (Å²) in [6, 6.07) is 8.20. The van der Waals surface area contributed by atoms with E-state index in [-0.39, 0.29) is 0 Å². The fraction of sp³-hybridized carbons (Fsp3) is 0.632. The first kappa shape index (κ1) is 15.4. The lowest BCUT2D eigenvalue weighted by atomic mass is 9.84. The first-order chi connectivity index (χ1) is 10.7. The SMILES string of the molecule is Nc1ccc(CC(=O)N2CCCC2CC2CCCCC2)cc1. The molecular weight excluding hydrogens is 272 g/mol. The molecule has 3 nitrogen and oxygen atoms in total. The first-order valence-electron chi connectivity index (χ1n) is 8.86. The van der Waals surface area contributed by atoms with Gasteiger partial charge in [0.25, 0.3) is 0 Å². The molecule has 0 radical (unpaired) electrons. The van der Waals surface area contributed by atoms with Gasteiger partial charge >= 0.3 is 0 Å². The molecule has 2 N–H and O–H groups in total.